The first-order chi connectivity index (χ1) is 14.3. The van der Waals surface area contributed by atoms with Gasteiger partial charge in [-0.25, -0.2) is 4.79 Å². The van der Waals surface area contributed by atoms with Gasteiger partial charge in [0.15, 0.2) is 6.61 Å². The van der Waals surface area contributed by atoms with Crippen molar-refractivity contribution in [1.29, 1.82) is 0 Å². The van der Waals surface area contributed by atoms with Crippen molar-refractivity contribution in [2.24, 2.45) is 28.8 Å². The molecule has 1 aromatic rings. The summed E-state index contributed by atoms with van der Waals surface area (Å²) in [7, 11) is 1.15. The van der Waals surface area contributed by atoms with Crippen LogP contribution in [0.3, 0.4) is 0 Å². The van der Waals surface area contributed by atoms with Gasteiger partial charge in [-0.15, -0.1) is 0 Å². The number of rotatable bonds is 6. The Morgan fingerprint density at radius 1 is 1.30 bits per heavy atom. The van der Waals surface area contributed by atoms with E-state index in [0.29, 0.717) is 0 Å². The number of carbonyl (C=O) groups is 3. The largest absolute Gasteiger partial charge is 0.474 e. The van der Waals surface area contributed by atoms with Gasteiger partial charge in [-0.3, -0.25) is 19.7 Å². The second-order valence-electron chi connectivity index (χ2n) is 7.20. The van der Waals surface area contributed by atoms with Crippen LogP contribution in [-0.4, -0.2) is 47.6 Å². The Morgan fingerprint density at radius 3 is 2.50 bits per heavy atom. The van der Waals surface area contributed by atoms with E-state index in [4.69, 9.17) is 16.3 Å². The number of hydrazone groups is 1. The van der Waals surface area contributed by atoms with Crippen LogP contribution in [-0.2, 0) is 19.1 Å². The maximum atomic E-state index is 12.7. The molecule has 0 aromatic heterocycles. The normalized spacial score (nSPS) is 26.5. The number of nitro benzene ring substituents is 1. The number of esters is 1. The summed E-state index contributed by atoms with van der Waals surface area (Å²) < 4.78 is 9.74. The molecule has 1 aliphatic heterocycles. The van der Waals surface area contributed by atoms with E-state index in [0.717, 1.165) is 30.8 Å². The van der Waals surface area contributed by atoms with Crippen LogP contribution in [0.5, 0.6) is 5.75 Å². The number of halogens is 1. The predicted octanol–water partition coefficient (Wildman–Crippen LogP) is 1.94. The number of methoxy groups -OCH3 is 1. The molecular formula is C19H16ClN3O7. The Hall–Kier alpha value is -3.27. The number of ether oxygens (including phenoxy) is 2. The third-order valence-electron chi connectivity index (χ3n) is 5.58. The number of carbonyl (C=O) groups excluding carboxylic acids is 3. The van der Waals surface area contributed by atoms with Crippen LogP contribution in [0, 0.1) is 33.8 Å². The van der Waals surface area contributed by atoms with Crippen molar-refractivity contribution in [3.8, 4) is 5.75 Å². The van der Waals surface area contributed by atoms with E-state index in [1.807, 2.05) is 12.2 Å². The minimum atomic E-state index is -0.747. The lowest BCUT2D eigenvalue weighted by Crippen LogP contribution is -2.28. The average molecular weight is 434 g/mol. The standard InChI is InChI=1S/C19H16ClN3O7/c1-29-14(24)8-30-17-11(5-12(20)6-13(17)23(27)28)7-21-22-18(25)15-9-2-3-10(4-9)16(15)19(22)26/h2-3,5-7,9-10,15-16H,4,8H2,1H3. The molecule has 4 rings (SSSR count). The van der Waals surface area contributed by atoms with Gasteiger partial charge < -0.3 is 9.47 Å². The second kappa shape index (κ2) is 7.52. The molecule has 1 saturated heterocycles. The summed E-state index contributed by atoms with van der Waals surface area (Å²) in [5.41, 5.74) is -0.456. The smallest absolute Gasteiger partial charge is 0.343 e. The van der Waals surface area contributed by atoms with Crippen molar-refractivity contribution in [3.63, 3.8) is 0 Å². The Kier molecular flexibility index (Phi) is 5.02. The Balaban J connectivity index is 1.64. The van der Waals surface area contributed by atoms with E-state index in [9.17, 15) is 24.5 Å². The van der Waals surface area contributed by atoms with Crippen LogP contribution in [0.25, 0.3) is 0 Å². The summed E-state index contributed by atoms with van der Waals surface area (Å²) in [5, 5.41) is 16.2. The van der Waals surface area contributed by atoms with Gasteiger partial charge >= 0.3 is 11.7 Å². The molecule has 0 radical (unpaired) electrons. The van der Waals surface area contributed by atoms with Gasteiger partial charge in [0, 0.05) is 16.7 Å². The predicted molar refractivity (Wildman–Crippen MR) is 103 cm³/mol. The van der Waals surface area contributed by atoms with Crippen LogP contribution in [0.15, 0.2) is 29.4 Å². The van der Waals surface area contributed by atoms with Gasteiger partial charge in [0.25, 0.3) is 11.8 Å². The number of allylic oxidation sites excluding steroid dienone is 2. The molecule has 30 heavy (non-hydrogen) atoms. The number of imide groups is 1. The van der Waals surface area contributed by atoms with Crippen molar-refractivity contribution in [2.45, 2.75) is 6.42 Å². The molecule has 3 aliphatic rings. The van der Waals surface area contributed by atoms with Crippen molar-refractivity contribution in [1.82, 2.24) is 5.01 Å². The molecule has 11 heteroatoms. The highest BCUT2D eigenvalue weighted by molar-refractivity contribution is 6.31. The Bertz CT molecular complexity index is 992. The first-order valence-electron chi connectivity index (χ1n) is 9.09. The van der Waals surface area contributed by atoms with Gasteiger partial charge in [0.2, 0.25) is 5.75 Å². The fourth-order valence-electron chi connectivity index (χ4n) is 4.30. The number of nitrogens with zero attached hydrogens (tertiary/aromatic N) is 3. The van der Waals surface area contributed by atoms with Crippen LogP contribution in [0.1, 0.15) is 12.0 Å². The SMILES string of the molecule is COC(=O)COc1c(C=NN2C(=O)C3C4C=CC(C4)C3C2=O)cc(Cl)cc1[N+](=O)[O-]. The summed E-state index contributed by atoms with van der Waals surface area (Å²) in [4.78, 5) is 47.5. The maximum absolute atomic E-state index is 12.7. The number of fused-ring (bicyclic) bond motifs is 5. The molecule has 1 heterocycles. The molecule has 1 saturated carbocycles. The molecule has 1 aromatic carbocycles. The molecular weight excluding hydrogens is 418 g/mol. The van der Waals surface area contributed by atoms with Crippen LogP contribution >= 0.6 is 11.6 Å². The number of amides is 2. The zero-order valence-electron chi connectivity index (χ0n) is 15.7. The summed E-state index contributed by atoms with van der Waals surface area (Å²) in [5.74, 6) is -2.60. The maximum Gasteiger partial charge on any atom is 0.343 e. The first-order valence-corrected chi connectivity index (χ1v) is 9.47. The van der Waals surface area contributed by atoms with E-state index in [1.165, 1.54) is 6.07 Å². The van der Waals surface area contributed by atoms with Gasteiger partial charge in [0.1, 0.15) is 0 Å². The van der Waals surface area contributed by atoms with Gasteiger partial charge in [-0.05, 0) is 24.3 Å². The molecule has 2 aliphatic carbocycles. The molecule has 0 N–H and O–H groups in total. The minimum absolute atomic E-state index is 0.0201. The number of hydrogen-bond acceptors (Lipinski definition) is 8. The molecule has 0 spiro atoms. The molecule has 2 bridgehead atoms. The van der Waals surface area contributed by atoms with Crippen molar-refractivity contribution < 1.29 is 28.8 Å². The average Bonchev–Trinajstić information content (AvgIpc) is 3.39. The van der Waals surface area contributed by atoms with Crippen LogP contribution in [0.4, 0.5) is 5.69 Å². The molecule has 4 atom stereocenters. The lowest BCUT2D eigenvalue weighted by Gasteiger charge is -2.13. The Morgan fingerprint density at radius 2 is 1.93 bits per heavy atom. The zero-order chi connectivity index (χ0) is 21.6. The fourth-order valence-corrected chi connectivity index (χ4v) is 4.52. The molecule has 2 amide bonds. The van der Waals surface area contributed by atoms with Crippen molar-refractivity contribution in [2.75, 3.05) is 13.7 Å². The van der Waals surface area contributed by atoms with Crippen molar-refractivity contribution >= 4 is 41.3 Å². The van der Waals surface area contributed by atoms with E-state index in [2.05, 4.69) is 9.84 Å². The van der Waals surface area contributed by atoms with E-state index >= 15 is 0 Å². The molecule has 156 valence electrons. The number of nitro groups is 1. The summed E-state index contributed by atoms with van der Waals surface area (Å²) >= 11 is 5.96. The molecule has 10 nitrogen and oxygen atoms in total. The monoisotopic (exact) mass is 433 g/mol. The summed E-state index contributed by atoms with van der Waals surface area (Å²) in [6.07, 6.45) is 5.81. The van der Waals surface area contributed by atoms with Gasteiger partial charge in [0.05, 0.1) is 30.1 Å². The van der Waals surface area contributed by atoms with E-state index in [-0.39, 0.29) is 28.2 Å². The quantitative estimate of drug-likeness (QED) is 0.167. The number of benzene rings is 1. The highest BCUT2D eigenvalue weighted by Gasteiger charge is 2.59. The topological polar surface area (TPSA) is 128 Å². The van der Waals surface area contributed by atoms with Crippen LogP contribution in [0.2, 0.25) is 5.02 Å². The lowest BCUT2D eigenvalue weighted by atomic mass is 9.85. The zero-order valence-corrected chi connectivity index (χ0v) is 16.4. The summed E-state index contributed by atoms with van der Waals surface area (Å²) in [6.45, 7) is -0.583. The third kappa shape index (κ3) is 3.22. The molecule has 4 unspecified atom stereocenters. The van der Waals surface area contributed by atoms with Crippen molar-refractivity contribution in [3.05, 3.63) is 45.0 Å². The van der Waals surface area contributed by atoms with Crippen LogP contribution < -0.4 is 4.74 Å². The van der Waals surface area contributed by atoms with E-state index in [1.54, 1.807) is 0 Å². The third-order valence-corrected chi connectivity index (χ3v) is 5.80. The number of hydrogen-bond donors (Lipinski definition) is 0. The second-order valence-corrected chi connectivity index (χ2v) is 7.63. The summed E-state index contributed by atoms with van der Waals surface area (Å²) in [6, 6.07) is 2.38. The first kappa shape index (κ1) is 20.0. The Labute approximate surface area is 175 Å². The highest BCUT2D eigenvalue weighted by Crippen LogP contribution is 2.52. The highest BCUT2D eigenvalue weighted by atomic mass is 35.5. The lowest BCUT2D eigenvalue weighted by molar-refractivity contribution is -0.385. The molecule has 2 fully saturated rings. The minimum Gasteiger partial charge on any atom is -0.474 e. The van der Waals surface area contributed by atoms with Gasteiger partial charge in [-0.1, -0.05) is 23.8 Å². The van der Waals surface area contributed by atoms with Gasteiger partial charge in [-0.2, -0.15) is 10.1 Å². The fraction of sp³-hybridized carbons (Fsp3) is 0.368. The van der Waals surface area contributed by atoms with E-state index < -0.39 is 46.8 Å².